The molecule has 0 saturated heterocycles. The quantitative estimate of drug-likeness (QED) is 0.264. The molecule has 8 nitrogen and oxygen atoms in total. The molecule has 1 heterocycles. The van der Waals surface area contributed by atoms with Crippen LogP contribution >= 0.6 is 0 Å². The second-order valence-electron chi connectivity index (χ2n) is 6.73. The van der Waals surface area contributed by atoms with E-state index in [0.29, 0.717) is 17.0 Å². The maximum absolute atomic E-state index is 12.5. The van der Waals surface area contributed by atoms with Crippen LogP contribution in [-0.4, -0.2) is 15.8 Å². The first-order valence-corrected chi connectivity index (χ1v) is 9.24. The number of ether oxygens (including phenoxy) is 1. The standard InChI is InChI=1S/C23H18N4O4/c1-15-3-4-16(2)21(11-15)26-23(28)18(13-24)12-17-5-8-20(9-6-17)31-22-10-7-19(14-25-22)27(29)30/h3-12,14H,1-2H3,(H,26,28)/b18-12-. The molecule has 0 fully saturated rings. The highest BCUT2D eigenvalue weighted by Gasteiger charge is 2.11. The fourth-order valence-electron chi connectivity index (χ4n) is 2.67. The predicted molar refractivity (Wildman–Crippen MR) is 116 cm³/mol. The van der Waals surface area contributed by atoms with Crippen LogP contribution in [0, 0.1) is 35.3 Å². The van der Waals surface area contributed by atoms with Gasteiger partial charge in [-0.05, 0) is 54.8 Å². The summed E-state index contributed by atoms with van der Waals surface area (Å²) in [5.74, 6) is 0.169. The van der Waals surface area contributed by atoms with E-state index in [9.17, 15) is 20.2 Å². The minimum atomic E-state index is -0.541. The van der Waals surface area contributed by atoms with Crippen molar-refractivity contribution in [2.24, 2.45) is 0 Å². The summed E-state index contributed by atoms with van der Waals surface area (Å²) in [6, 6.07) is 17.0. The summed E-state index contributed by atoms with van der Waals surface area (Å²) in [6.07, 6.45) is 2.59. The lowest BCUT2D eigenvalue weighted by molar-refractivity contribution is -0.385. The van der Waals surface area contributed by atoms with Crippen molar-refractivity contribution in [1.82, 2.24) is 4.98 Å². The molecular weight excluding hydrogens is 396 g/mol. The minimum absolute atomic E-state index is 0.0355. The van der Waals surface area contributed by atoms with Crippen LogP contribution in [-0.2, 0) is 4.79 Å². The number of anilines is 1. The van der Waals surface area contributed by atoms with Crippen LogP contribution in [0.15, 0.2) is 66.4 Å². The maximum Gasteiger partial charge on any atom is 0.287 e. The van der Waals surface area contributed by atoms with Crippen molar-refractivity contribution in [3.05, 3.63) is 93.2 Å². The van der Waals surface area contributed by atoms with Gasteiger partial charge >= 0.3 is 0 Å². The monoisotopic (exact) mass is 414 g/mol. The molecule has 3 rings (SSSR count). The lowest BCUT2D eigenvalue weighted by atomic mass is 10.1. The number of benzene rings is 2. The maximum atomic E-state index is 12.5. The zero-order valence-electron chi connectivity index (χ0n) is 16.8. The predicted octanol–water partition coefficient (Wildman–Crippen LogP) is 4.94. The minimum Gasteiger partial charge on any atom is -0.439 e. The second kappa shape index (κ2) is 9.33. The van der Waals surface area contributed by atoms with E-state index in [4.69, 9.17) is 4.74 Å². The fourth-order valence-corrected chi connectivity index (χ4v) is 2.67. The molecule has 0 atom stereocenters. The van der Waals surface area contributed by atoms with Gasteiger partial charge in [0.05, 0.1) is 4.92 Å². The van der Waals surface area contributed by atoms with E-state index in [1.165, 1.54) is 18.2 Å². The van der Waals surface area contributed by atoms with Crippen LogP contribution in [0.4, 0.5) is 11.4 Å². The van der Waals surface area contributed by atoms with E-state index in [0.717, 1.165) is 17.3 Å². The summed E-state index contributed by atoms with van der Waals surface area (Å²) in [5, 5.41) is 22.8. The number of carbonyl (C=O) groups is 1. The lowest BCUT2D eigenvalue weighted by Crippen LogP contribution is -2.14. The number of nitrogens with zero attached hydrogens (tertiary/aromatic N) is 3. The van der Waals surface area contributed by atoms with Crippen LogP contribution in [0.5, 0.6) is 11.6 Å². The van der Waals surface area contributed by atoms with Crippen molar-refractivity contribution in [1.29, 1.82) is 5.26 Å². The van der Waals surface area contributed by atoms with Crippen molar-refractivity contribution in [2.45, 2.75) is 13.8 Å². The smallest absolute Gasteiger partial charge is 0.287 e. The largest absolute Gasteiger partial charge is 0.439 e. The Balaban J connectivity index is 1.71. The molecular formula is C23H18N4O4. The number of hydrogen-bond acceptors (Lipinski definition) is 6. The van der Waals surface area contributed by atoms with Crippen molar-refractivity contribution in [3.8, 4) is 17.7 Å². The summed E-state index contributed by atoms with van der Waals surface area (Å²) >= 11 is 0. The average molecular weight is 414 g/mol. The average Bonchev–Trinajstić information content (AvgIpc) is 2.76. The van der Waals surface area contributed by atoms with E-state index in [-0.39, 0.29) is 17.1 Å². The molecule has 1 N–H and O–H groups in total. The van der Waals surface area contributed by atoms with Crippen molar-refractivity contribution >= 4 is 23.4 Å². The fraction of sp³-hybridized carbons (Fsp3) is 0.0870. The molecule has 2 aromatic carbocycles. The van der Waals surface area contributed by atoms with Gasteiger partial charge in [-0.15, -0.1) is 0 Å². The molecule has 0 unspecified atom stereocenters. The van der Waals surface area contributed by atoms with Gasteiger partial charge in [-0.2, -0.15) is 5.26 Å². The number of aryl methyl sites for hydroxylation is 2. The van der Waals surface area contributed by atoms with Gasteiger partial charge in [0.2, 0.25) is 5.88 Å². The number of nitriles is 1. The third kappa shape index (κ3) is 5.52. The number of aromatic nitrogens is 1. The molecule has 8 heteroatoms. The van der Waals surface area contributed by atoms with Gasteiger partial charge in [-0.3, -0.25) is 14.9 Å². The SMILES string of the molecule is Cc1ccc(C)c(NC(=O)/C(C#N)=C\c2ccc(Oc3ccc([N+](=O)[O-])cn3)cc2)c1. The Morgan fingerprint density at radius 3 is 2.52 bits per heavy atom. The topological polar surface area (TPSA) is 118 Å². The molecule has 0 bridgehead atoms. The highest BCUT2D eigenvalue weighted by molar-refractivity contribution is 6.10. The molecule has 0 spiro atoms. The second-order valence-corrected chi connectivity index (χ2v) is 6.73. The van der Waals surface area contributed by atoms with Crippen LogP contribution in [0.2, 0.25) is 0 Å². The number of rotatable bonds is 6. The number of carbonyl (C=O) groups excluding carboxylic acids is 1. The van der Waals surface area contributed by atoms with Crippen LogP contribution in [0.25, 0.3) is 6.08 Å². The molecule has 154 valence electrons. The van der Waals surface area contributed by atoms with Crippen molar-refractivity contribution < 1.29 is 14.5 Å². The molecule has 0 aliphatic heterocycles. The number of nitrogens with one attached hydrogen (secondary N) is 1. The summed E-state index contributed by atoms with van der Waals surface area (Å²) in [6.45, 7) is 3.80. The molecule has 31 heavy (non-hydrogen) atoms. The lowest BCUT2D eigenvalue weighted by Gasteiger charge is -2.09. The number of pyridine rings is 1. The first kappa shape index (κ1) is 21.2. The molecule has 0 aliphatic carbocycles. The van der Waals surface area contributed by atoms with Crippen molar-refractivity contribution in [2.75, 3.05) is 5.32 Å². The van der Waals surface area contributed by atoms with Gasteiger partial charge < -0.3 is 10.1 Å². The molecule has 1 aromatic heterocycles. The summed E-state index contributed by atoms with van der Waals surface area (Å²) in [7, 11) is 0. The van der Waals surface area contributed by atoms with E-state index in [1.54, 1.807) is 24.3 Å². The van der Waals surface area contributed by atoms with Gasteiger partial charge in [0.1, 0.15) is 23.6 Å². The first-order valence-electron chi connectivity index (χ1n) is 9.24. The molecule has 1 amide bonds. The Morgan fingerprint density at radius 1 is 1.16 bits per heavy atom. The van der Waals surface area contributed by atoms with E-state index >= 15 is 0 Å². The molecule has 0 aliphatic rings. The van der Waals surface area contributed by atoms with Crippen LogP contribution < -0.4 is 10.1 Å². The third-order valence-electron chi connectivity index (χ3n) is 4.35. The van der Waals surface area contributed by atoms with E-state index in [1.807, 2.05) is 38.1 Å². The van der Waals surface area contributed by atoms with Gasteiger partial charge in [-0.1, -0.05) is 24.3 Å². The van der Waals surface area contributed by atoms with Gasteiger partial charge in [0.25, 0.3) is 11.6 Å². The zero-order valence-corrected chi connectivity index (χ0v) is 16.8. The zero-order chi connectivity index (χ0) is 22.4. The number of hydrogen-bond donors (Lipinski definition) is 1. The molecule has 0 saturated carbocycles. The summed E-state index contributed by atoms with van der Waals surface area (Å²) in [5.41, 5.74) is 3.03. The summed E-state index contributed by atoms with van der Waals surface area (Å²) < 4.78 is 5.55. The van der Waals surface area contributed by atoms with E-state index < -0.39 is 10.8 Å². The van der Waals surface area contributed by atoms with Gasteiger partial charge in [0, 0.05) is 17.8 Å². The highest BCUT2D eigenvalue weighted by Crippen LogP contribution is 2.23. The Morgan fingerprint density at radius 2 is 1.90 bits per heavy atom. The van der Waals surface area contributed by atoms with Crippen molar-refractivity contribution in [3.63, 3.8) is 0 Å². The highest BCUT2D eigenvalue weighted by atomic mass is 16.6. The van der Waals surface area contributed by atoms with E-state index in [2.05, 4.69) is 10.3 Å². The Bertz CT molecular complexity index is 1190. The molecule has 0 radical (unpaired) electrons. The Kier molecular flexibility index (Phi) is 6.38. The van der Waals surface area contributed by atoms with Gasteiger partial charge in [0.15, 0.2) is 0 Å². The van der Waals surface area contributed by atoms with Gasteiger partial charge in [-0.25, -0.2) is 4.98 Å². The third-order valence-corrected chi connectivity index (χ3v) is 4.35. The summed E-state index contributed by atoms with van der Waals surface area (Å²) in [4.78, 5) is 26.5. The normalized spacial score (nSPS) is 10.8. The Hall–Kier alpha value is -4.51. The number of nitro groups is 1. The molecule has 3 aromatic rings. The number of amides is 1. The first-order chi connectivity index (χ1) is 14.9. The Labute approximate surface area is 178 Å². The van der Waals surface area contributed by atoms with Crippen LogP contribution in [0.3, 0.4) is 0 Å². The van der Waals surface area contributed by atoms with Crippen LogP contribution in [0.1, 0.15) is 16.7 Å².